The van der Waals surface area contributed by atoms with Crippen molar-refractivity contribution in [2.24, 2.45) is 11.0 Å². The second-order valence-electron chi connectivity index (χ2n) is 5.24. The van der Waals surface area contributed by atoms with Crippen molar-refractivity contribution in [2.75, 3.05) is 0 Å². The third kappa shape index (κ3) is 3.59. The normalized spacial score (nSPS) is 16.9. The number of rotatable bonds is 4. The van der Waals surface area contributed by atoms with E-state index in [0.29, 0.717) is 17.7 Å². The van der Waals surface area contributed by atoms with Crippen molar-refractivity contribution >= 4 is 11.6 Å². The number of aromatic hydroxyl groups is 1. The summed E-state index contributed by atoms with van der Waals surface area (Å²) in [4.78, 5) is 12.1. The van der Waals surface area contributed by atoms with Gasteiger partial charge in [0, 0.05) is 11.5 Å². The maximum atomic E-state index is 12.1. The minimum absolute atomic E-state index is 0.00562. The fraction of sp³-hybridized carbons (Fsp3) is 0.500. The molecule has 0 aliphatic heterocycles. The summed E-state index contributed by atoms with van der Waals surface area (Å²) in [7, 11) is 0. The topological polar surface area (TPSA) is 61.7 Å². The summed E-state index contributed by atoms with van der Waals surface area (Å²) in [5, 5.41) is 14.0. The van der Waals surface area contributed by atoms with Gasteiger partial charge < -0.3 is 5.11 Å². The van der Waals surface area contributed by atoms with Gasteiger partial charge in [-0.2, -0.15) is 5.10 Å². The molecule has 0 saturated heterocycles. The monoisotopic (exact) mass is 274 g/mol. The zero-order valence-electron chi connectivity index (χ0n) is 11.9. The molecule has 0 spiro atoms. The van der Waals surface area contributed by atoms with Crippen molar-refractivity contribution in [1.82, 2.24) is 5.43 Å². The van der Waals surface area contributed by atoms with Crippen LogP contribution in [0.1, 0.15) is 51.0 Å². The molecule has 20 heavy (non-hydrogen) atoms. The number of phenolic OH excluding ortho intramolecular Hbond substituents is 1. The van der Waals surface area contributed by atoms with E-state index in [1.54, 1.807) is 12.1 Å². The molecule has 4 heteroatoms. The highest BCUT2D eigenvalue weighted by atomic mass is 16.3. The van der Waals surface area contributed by atoms with Crippen molar-refractivity contribution in [1.29, 1.82) is 0 Å². The lowest BCUT2D eigenvalue weighted by Crippen LogP contribution is -2.29. The van der Waals surface area contributed by atoms with E-state index in [4.69, 9.17) is 0 Å². The van der Waals surface area contributed by atoms with Crippen molar-refractivity contribution in [3.8, 4) is 5.75 Å². The van der Waals surface area contributed by atoms with E-state index in [1.165, 1.54) is 6.42 Å². The molecule has 0 radical (unpaired) electrons. The number of hydrogen-bond donors (Lipinski definition) is 2. The number of carbonyl (C=O) groups excluding carboxylic acids is 1. The first kappa shape index (κ1) is 14.6. The summed E-state index contributed by atoms with van der Waals surface area (Å²) in [6.07, 6.45) is 6.05. The largest absolute Gasteiger partial charge is 0.507 e. The number of phenols is 1. The number of benzene rings is 1. The molecule has 1 aliphatic carbocycles. The molecule has 2 N–H and O–H groups in total. The SMILES string of the molecule is CCC(=NNC(=O)C1CCCCC1)c1ccccc1O. The summed E-state index contributed by atoms with van der Waals surface area (Å²) < 4.78 is 0. The average molecular weight is 274 g/mol. The molecule has 0 unspecified atom stereocenters. The van der Waals surface area contributed by atoms with E-state index in [9.17, 15) is 9.90 Å². The predicted octanol–water partition coefficient (Wildman–Crippen LogP) is 3.20. The van der Waals surface area contributed by atoms with Crippen molar-refractivity contribution in [3.05, 3.63) is 29.8 Å². The average Bonchev–Trinajstić information content (AvgIpc) is 2.50. The molecule has 2 rings (SSSR count). The molecule has 1 aromatic carbocycles. The van der Waals surface area contributed by atoms with E-state index in [0.717, 1.165) is 25.7 Å². The molecule has 1 aliphatic rings. The van der Waals surface area contributed by atoms with Gasteiger partial charge in [0.05, 0.1) is 5.71 Å². The lowest BCUT2D eigenvalue weighted by molar-refractivity contribution is -0.125. The number of amides is 1. The summed E-state index contributed by atoms with van der Waals surface area (Å²) in [5.41, 5.74) is 4.05. The third-order valence-corrected chi connectivity index (χ3v) is 3.83. The number of hydrogen-bond acceptors (Lipinski definition) is 3. The number of para-hydroxylation sites is 1. The van der Waals surface area contributed by atoms with Gasteiger partial charge >= 0.3 is 0 Å². The second-order valence-corrected chi connectivity index (χ2v) is 5.24. The molecule has 4 nitrogen and oxygen atoms in total. The van der Waals surface area contributed by atoms with Gasteiger partial charge in [-0.3, -0.25) is 4.79 Å². The van der Waals surface area contributed by atoms with Gasteiger partial charge in [-0.05, 0) is 31.4 Å². The Balaban J connectivity index is 2.04. The summed E-state index contributed by atoms with van der Waals surface area (Å²) in [6, 6.07) is 7.06. The zero-order valence-corrected chi connectivity index (χ0v) is 11.9. The molecule has 0 atom stereocenters. The first-order valence-corrected chi connectivity index (χ1v) is 7.37. The molecule has 1 aromatic rings. The molecule has 0 aromatic heterocycles. The van der Waals surface area contributed by atoms with Gasteiger partial charge in [-0.25, -0.2) is 5.43 Å². The van der Waals surface area contributed by atoms with Crippen LogP contribution in [0, 0.1) is 5.92 Å². The van der Waals surface area contributed by atoms with E-state index >= 15 is 0 Å². The minimum atomic E-state index is 0.00562. The fourth-order valence-corrected chi connectivity index (χ4v) is 2.63. The van der Waals surface area contributed by atoms with Gasteiger partial charge in [0.2, 0.25) is 5.91 Å². The van der Waals surface area contributed by atoms with Gasteiger partial charge in [-0.1, -0.05) is 38.3 Å². The Bertz CT molecular complexity index is 491. The fourth-order valence-electron chi connectivity index (χ4n) is 2.63. The first-order valence-electron chi connectivity index (χ1n) is 7.37. The van der Waals surface area contributed by atoms with Crippen LogP contribution in [0.4, 0.5) is 0 Å². The molecular formula is C16H22N2O2. The highest BCUT2D eigenvalue weighted by Gasteiger charge is 2.20. The highest BCUT2D eigenvalue weighted by Crippen LogP contribution is 2.23. The number of nitrogens with one attached hydrogen (secondary N) is 1. The minimum Gasteiger partial charge on any atom is -0.507 e. The van der Waals surface area contributed by atoms with Crippen LogP contribution < -0.4 is 5.43 Å². The Kier molecular flexibility index (Phi) is 5.16. The molecule has 0 bridgehead atoms. The van der Waals surface area contributed by atoms with Crippen LogP contribution in [-0.4, -0.2) is 16.7 Å². The lowest BCUT2D eigenvalue weighted by atomic mass is 9.89. The Morgan fingerprint density at radius 3 is 2.65 bits per heavy atom. The molecule has 1 saturated carbocycles. The van der Waals surface area contributed by atoms with Crippen LogP contribution in [-0.2, 0) is 4.79 Å². The Morgan fingerprint density at radius 1 is 1.30 bits per heavy atom. The molecule has 1 fully saturated rings. The second kappa shape index (κ2) is 7.08. The molecule has 108 valence electrons. The smallest absolute Gasteiger partial charge is 0.243 e. The maximum Gasteiger partial charge on any atom is 0.243 e. The number of nitrogens with zero attached hydrogens (tertiary/aromatic N) is 1. The molecule has 1 amide bonds. The number of carbonyl (C=O) groups is 1. The van der Waals surface area contributed by atoms with Crippen molar-refractivity contribution in [3.63, 3.8) is 0 Å². The molecular weight excluding hydrogens is 252 g/mol. The van der Waals surface area contributed by atoms with Gasteiger partial charge in [-0.15, -0.1) is 0 Å². The maximum absolute atomic E-state index is 12.1. The van der Waals surface area contributed by atoms with Crippen molar-refractivity contribution in [2.45, 2.75) is 45.4 Å². The van der Waals surface area contributed by atoms with Crippen LogP contribution in [0.2, 0.25) is 0 Å². The van der Waals surface area contributed by atoms with Crippen LogP contribution in [0.15, 0.2) is 29.4 Å². The Labute approximate surface area is 119 Å². The highest BCUT2D eigenvalue weighted by molar-refractivity contribution is 6.03. The van der Waals surface area contributed by atoms with E-state index in [2.05, 4.69) is 10.5 Å². The lowest BCUT2D eigenvalue weighted by Gasteiger charge is -2.19. The van der Waals surface area contributed by atoms with E-state index in [-0.39, 0.29) is 17.6 Å². The zero-order chi connectivity index (χ0) is 14.4. The van der Waals surface area contributed by atoms with Gasteiger partial charge in [0.15, 0.2) is 0 Å². The number of hydrazone groups is 1. The van der Waals surface area contributed by atoms with Crippen LogP contribution >= 0.6 is 0 Å². The Hall–Kier alpha value is -1.84. The van der Waals surface area contributed by atoms with Gasteiger partial charge in [0.25, 0.3) is 0 Å². The summed E-state index contributed by atoms with van der Waals surface area (Å²) >= 11 is 0. The standard InChI is InChI=1S/C16H22N2O2/c1-2-14(13-10-6-7-11-15(13)19)17-18-16(20)12-8-4-3-5-9-12/h6-7,10-12,19H,2-5,8-9H2,1H3,(H,18,20). The predicted molar refractivity (Wildman–Crippen MR) is 79.7 cm³/mol. The molecule has 0 heterocycles. The van der Waals surface area contributed by atoms with Gasteiger partial charge in [0.1, 0.15) is 5.75 Å². The van der Waals surface area contributed by atoms with E-state index < -0.39 is 0 Å². The van der Waals surface area contributed by atoms with Crippen LogP contribution in [0.3, 0.4) is 0 Å². The van der Waals surface area contributed by atoms with Crippen LogP contribution in [0.5, 0.6) is 5.75 Å². The van der Waals surface area contributed by atoms with E-state index in [1.807, 2.05) is 19.1 Å². The quantitative estimate of drug-likeness (QED) is 0.654. The van der Waals surface area contributed by atoms with Crippen molar-refractivity contribution < 1.29 is 9.90 Å². The Morgan fingerprint density at radius 2 is 2.00 bits per heavy atom. The summed E-state index contributed by atoms with van der Waals surface area (Å²) in [5.74, 6) is 0.293. The third-order valence-electron chi connectivity index (χ3n) is 3.83. The first-order chi connectivity index (χ1) is 9.72. The van der Waals surface area contributed by atoms with Crippen LogP contribution in [0.25, 0.3) is 0 Å². The summed E-state index contributed by atoms with van der Waals surface area (Å²) in [6.45, 7) is 1.96.